The summed E-state index contributed by atoms with van der Waals surface area (Å²) in [5.41, 5.74) is 1.39. The molecule has 0 amide bonds. The third-order valence-electron chi connectivity index (χ3n) is 3.81. The Morgan fingerprint density at radius 1 is 1.37 bits per heavy atom. The van der Waals surface area contributed by atoms with Crippen LogP contribution < -0.4 is 5.32 Å². The highest BCUT2D eigenvalue weighted by Crippen LogP contribution is 2.44. The number of rotatable bonds is 9. The lowest BCUT2D eigenvalue weighted by molar-refractivity contribution is 0.199. The topological polar surface area (TPSA) is 34.2 Å². The quantitative estimate of drug-likeness (QED) is 0.702. The molecule has 0 spiro atoms. The summed E-state index contributed by atoms with van der Waals surface area (Å²) < 4.78 is 5.07. The Labute approximate surface area is 120 Å². The first-order chi connectivity index (χ1) is 9.30. The number of nitrogens with zero attached hydrogens (tertiary/aromatic N) is 1. The number of nitrogens with one attached hydrogen (secondary N) is 1. The summed E-state index contributed by atoms with van der Waals surface area (Å²) in [5.74, 6) is 1.40. The zero-order chi connectivity index (χ0) is 13.7. The van der Waals surface area contributed by atoms with Crippen molar-refractivity contribution in [2.75, 3.05) is 20.3 Å². The minimum Gasteiger partial charge on any atom is -0.383 e. The standard InChI is InChI=1S/C15H26N2OS/c1-4-11(5-2)15-17-14(12-6-7-12)13(19-15)10-16-8-9-18-3/h11-12,16H,4-10H2,1-3H3. The molecule has 0 radical (unpaired) electrons. The van der Waals surface area contributed by atoms with E-state index in [2.05, 4.69) is 19.2 Å². The Morgan fingerprint density at radius 3 is 2.68 bits per heavy atom. The van der Waals surface area contributed by atoms with Gasteiger partial charge >= 0.3 is 0 Å². The molecule has 108 valence electrons. The van der Waals surface area contributed by atoms with Crippen molar-refractivity contribution in [3.63, 3.8) is 0 Å². The highest BCUT2D eigenvalue weighted by molar-refractivity contribution is 7.11. The van der Waals surface area contributed by atoms with Crippen LogP contribution in [0.5, 0.6) is 0 Å². The van der Waals surface area contributed by atoms with Gasteiger partial charge in [-0.3, -0.25) is 0 Å². The van der Waals surface area contributed by atoms with Gasteiger partial charge in [-0.25, -0.2) is 4.98 Å². The number of thiazole rings is 1. The van der Waals surface area contributed by atoms with E-state index in [0.717, 1.165) is 25.6 Å². The van der Waals surface area contributed by atoms with Gasteiger partial charge in [-0.05, 0) is 25.7 Å². The summed E-state index contributed by atoms with van der Waals surface area (Å²) in [6.45, 7) is 7.18. The van der Waals surface area contributed by atoms with Crippen LogP contribution in [0, 0.1) is 0 Å². The first-order valence-corrected chi connectivity index (χ1v) is 8.30. The highest BCUT2D eigenvalue weighted by Gasteiger charge is 2.30. The Hall–Kier alpha value is -0.450. The van der Waals surface area contributed by atoms with Crippen LogP contribution in [0.2, 0.25) is 0 Å². The van der Waals surface area contributed by atoms with E-state index in [1.54, 1.807) is 7.11 Å². The number of aromatic nitrogens is 1. The van der Waals surface area contributed by atoms with Gasteiger partial charge in [0.15, 0.2) is 0 Å². The zero-order valence-electron chi connectivity index (χ0n) is 12.4. The third kappa shape index (κ3) is 4.01. The lowest BCUT2D eigenvalue weighted by Crippen LogP contribution is -2.18. The predicted molar refractivity (Wildman–Crippen MR) is 81.0 cm³/mol. The average molecular weight is 282 g/mol. The first-order valence-electron chi connectivity index (χ1n) is 7.49. The lowest BCUT2D eigenvalue weighted by Gasteiger charge is -2.07. The molecule has 0 atom stereocenters. The monoisotopic (exact) mass is 282 g/mol. The molecule has 1 heterocycles. The summed E-state index contributed by atoms with van der Waals surface area (Å²) in [4.78, 5) is 6.42. The van der Waals surface area contributed by atoms with Crippen LogP contribution in [-0.4, -0.2) is 25.2 Å². The molecule has 0 aliphatic heterocycles. The molecule has 1 saturated carbocycles. The maximum atomic E-state index is 5.07. The number of ether oxygens (including phenoxy) is 1. The van der Waals surface area contributed by atoms with Crippen LogP contribution >= 0.6 is 11.3 Å². The molecule has 0 saturated heterocycles. The van der Waals surface area contributed by atoms with Crippen LogP contribution in [0.3, 0.4) is 0 Å². The normalized spacial score (nSPS) is 15.4. The van der Waals surface area contributed by atoms with Gasteiger partial charge in [0.25, 0.3) is 0 Å². The van der Waals surface area contributed by atoms with Crippen LogP contribution in [-0.2, 0) is 11.3 Å². The van der Waals surface area contributed by atoms with Crippen LogP contribution in [0.25, 0.3) is 0 Å². The van der Waals surface area contributed by atoms with Gasteiger partial charge in [-0.15, -0.1) is 11.3 Å². The molecule has 0 unspecified atom stereocenters. The molecule has 1 aliphatic carbocycles. The van der Waals surface area contributed by atoms with Gasteiger partial charge in [-0.2, -0.15) is 0 Å². The van der Waals surface area contributed by atoms with Gasteiger partial charge in [0, 0.05) is 36.9 Å². The predicted octanol–water partition coefficient (Wildman–Crippen LogP) is 3.66. The second kappa shape index (κ2) is 7.36. The van der Waals surface area contributed by atoms with Crippen molar-refractivity contribution in [3.8, 4) is 0 Å². The van der Waals surface area contributed by atoms with E-state index in [0.29, 0.717) is 5.92 Å². The van der Waals surface area contributed by atoms with Crippen LogP contribution in [0.1, 0.15) is 66.9 Å². The maximum absolute atomic E-state index is 5.07. The van der Waals surface area contributed by atoms with Crippen molar-refractivity contribution in [1.82, 2.24) is 10.3 Å². The fourth-order valence-electron chi connectivity index (χ4n) is 2.37. The molecular weight excluding hydrogens is 256 g/mol. The van der Waals surface area contributed by atoms with E-state index < -0.39 is 0 Å². The van der Waals surface area contributed by atoms with Crippen molar-refractivity contribution in [1.29, 1.82) is 0 Å². The van der Waals surface area contributed by atoms with Gasteiger partial charge in [0.2, 0.25) is 0 Å². The van der Waals surface area contributed by atoms with E-state index in [1.165, 1.54) is 41.3 Å². The van der Waals surface area contributed by atoms with Crippen molar-refractivity contribution >= 4 is 11.3 Å². The SMILES string of the molecule is CCC(CC)c1nc(C2CC2)c(CNCCOC)s1. The molecule has 3 nitrogen and oxygen atoms in total. The molecule has 0 bridgehead atoms. The number of hydrogen-bond donors (Lipinski definition) is 1. The molecule has 1 aromatic rings. The molecule has 1 fully saturated rings. The summed E-state index contributed by atoms with van der Waals surface area (Å²) >= 11 is 1.93. The second-order valence-electron chi connectivity index (χ2n) is 5.32. The smallest absolute Gasteiger partial charge is 0.0962 e. The molecule has 1 N–H and O–H groups in total. The minimum atomic E-state index is 0.648. The van der Waals surface area contributed by atoms with E-state index in [1.807, 2.05) is 11.3 Å². The maximum Gasteiger partial charge on any atom is 0.0962 e. The molecule has 19 heavy (non-hydrogen) atoms. The Morgan fingerprint density at radius 2 is 2.11 bits per heavy atom. The Kier molecular flexibility index (Phi) is 5.79. The van der Waals surface area contributed by atoms with Crippen molar-refractivity contribution in [2.45, 2.75) is 57.9 Å². The highest BCUT2D eigenvalue weighted by atomic mass is 32.1. The first kappa shape index (κ1) is 14.9. The molecule has 2 rings (SSSR count). The van der Waals surface area contributed by atoms with E-state index >= 15 is 0 Å². The third-order valence-corrected chi connectivity index (χ3v) is 5.05. The summed E-state index contributed by atoms with van der Waals surface area (Å²) in [6, 6.07) is 0. The van der Waals surface area contributed by atoms with E-state index in [4.69, 9.17) is 9.72 Å². The number of hydrogen-bond acceptors (Lipinski definition) is 4. The van der Waals surface area contributed by atoms with E-state index in [-0.39, 0.29) is 0 Å². The largest absolute Gasteiger partial charge is 0.383 e. The van der Waals surface area contributed by atoms with Crippen molar-refractivity contribution < 1.29 is 4.74 Å². The Bertz CT molecular complexity index is 383. The van der Waals surface area contributed by atoms with Gasteiger partial charge in [0.05, 0.1) is 17.3 Å². The van der Waals surface area contributed by atoms with Crippen molar-refractivity contribution in [2.24, 2.45) is 0 Å². The molecule has 1 aromatic heterocycles. The Balaban J connectivity index is 2.02. The molecule has 4 heteroatoms. The number of methoxy groups -OCH3 is 1. The summed E-state index contributed by atoms with van der Waals surface area (Å²) in [6.07, 6.45) is 5.06. The molecule has 1 aliphatic rings. The summed E-state index contributed by atoms with van der Waals surface area (Å²) in [7, 11) is 1.75. The lowest BCUT2D eigenvalue weighted by atomic mass is 10.1. The molecular formula is C15H26N2OS. The van der Waals surface area contributed by atoms with Crippen LogP contribution in [0.15, 0.2) is 0 Å². The second-order valence-corrected chi connectivity index (χ2v) is 6.43. The van der Waals surface area contributed by atoms with Gasteiger partial charge < -0.3 is 10.1 Å². The fraction of sp³-hybridized carbons (Fsp3) is 0.800. The molecule has 0 aromatic carbocycles. The minimum absolute atomic E-state index is 0.648. The van der Waals surface area contributed by atoms with Gasteiger partial charge in [-0.1, -0.05) is 13.8 Å². The van der Waals surface area contributed by atoms with Crippen LogP contribution in [0.4, 0.5) is 0 Å². The van der Waals surface area contributed by atoms with E-state index in [9.17, 15) is 0 Å². The summed E-state index contributed by atoms with van der Waals surface area (Å²) in [5, 5.41) is 4.82. The zero-order valence-corrected chi connectivity index (χ0v) is 13.2. The van der Waals surface area contributed by atoms with Gasteiger partial charge in [0.1, 0.15) is 0 Å². The average Bonchev–Trinajstić information content (AvgIpc) is 3.18. The fourth-order valence-corrected chi connectivity index (χ4v) is 3.76. The van der Waals surface area contributed by atoms with Crippen molar-refractivity contribution in [3.05, 3.63) is 15.6 Å².